The van der Waals surface area contributed by atoms with E-state index in [1.165, 1.54) is 0 Å². The van der Waals surface area contributed by atoms with Gasteiger partial charge in [0, 0.05) is 19.3 Å². The van der Waals surface area contributed by atoms with Crippen LogP contribution in [0.25, 0.3) is 11.0 Å². The third kappa shape index (κ3) is 2.48. The van der Waals surface area contributed by atoms with Crippen molar-refractivity contribution in [1.29, 1.82) is 0 Å². The molecule has 0 spiro atoms. The maximum Gasteiger partial charge on any atom is 0.225 e. The third-order valence-electron chi connectivity index (χ3n) is 3.27. The van der Waals surface area contributed by atoms with Crippen LogP contribution in [0.15, 0.2) is 12.3 Å². The Kier molecular flexibility index (Phi) is 3.48. The van der Waals surface area contributed by atoms with Crippen molar-refractivity contribution >= 4 is 28.5 Å². The van der Waals surface area contributed by atoms with E-state index in [4.69, 9.17) is 16.3 Å². The molecule has 1 fully saturated rings. The lowest BCUT2D eigenvalue weighted by molar-refractivity contribution is 0.122. The molecule has 0 amide bonds. The molecule has 3 heterocycles. The van der Waals surface area contributed by atoms with Crippen LogP contribution in [0.2, 0.25) is 5.28 Å². The Bertz CT molecular complexity index is 598. The first-order chi connectivity index (χ1) is 9.28. The second-order valence-corrected chi connectivity index (χ2v) is 4.82. The molecule has 0 N–H and O–H groups in total. The van der Waals surface area contributed by atoms with Crippen LogP contribution in [0.1, 0.15) is 12.5 Å². The number of rotatable bonds is 2. The van der Waals surface area contributed by atoms with Crippen LogP contribution in [0, 0.1) is 0 Å². The van der Waals surface area contributed by atoms with E-state index in [9.17, 15) is 0 Å². The van der Waals surface area contributed by atoms with Crippen molar-refractivity contribution in [1.82, 2.24) is 15.0 Å². The van der Waals surface area contributed by atoms with E-state index in [1.54, 1.807) is 0 Å². The molecule has 1 aliphatic rings. The molecule has 0 unspecified atom stereocenters. The van der Waals surface area contributed by atoms with Gasteiger partial charge in [-0.05, 0) is 29.7 Å². The lowest BCUT2D eigenvalue weighted by Crippen LogP contribution is -2.37. The van der Waals surface area contributed by atoms with Gasteiger partial charge in [-0.15, -0.1) is 0 Å². The van der Waals surface area contributed by atoms with Crippen LogP contribution < -0.4 is 4.90 Å². The Balaban J connectivity index is 2.11. The van der Waals surface area contributed by atoms with E-state index >= 15 is 0 Å². The first-order valence-electron chi connectivity index (χ1n) is 6.43. The number of morpholine rings is 1. The summed E-state index contributed by atoms with van der Waals surface area (Å²) in [7, 11) is 0. The third-order valence-corrected chi connectivity index (χ3v) is 3.43. The Morgan fingerprint density at radius 2 is 2.11 bits per heavy atom. The number of aromatic nitrogens is 3. The molecule has 5 nitrogen and oxygen atoms in total. The SMILES string of the molecule is CCc1cnc2c(N3CCOCC3)nc(Cl)nc2c1. The number of pyridine rings is 1. The summed E-state index contributed by atoms with van der Waals surface area (Å²) in [5.74, 6) is 0.806. The highest BCUT2D eigenvalue weighted by atomic mass is 35.5. The molecule has 0 radical (unpaired) electrons. The lowest BCUT2D eigenvalue weighted by atomic mass is 10.2. The number of halogens is 1. The zero-order valence-corrected chi connectivity index (χ0v) is 11.5. The van der Waals surface area contributed by atoms with E-state index in [0.717, 1.165) is 41.9 Å². The van der Waals surface area contributed by atoms with Crippen LogP contribution in [-0.2, 0) is 11.2 Å². The predicted molar refractivity (Wildman–Crippen MR) is 74.8 cm³/mol. The van der Waals surface area contributed by atoms with Gasteiger partial charge in [0.15, 0.2) is 5.82 Å². The normalized spacial score (nSPS) is 16.0. The maximum absolute atomic E-state index is 6.03. The van der Waals surface area contributed by atoms with Crippen LogP contribution in [0.3, 0.4) is 0 Å². The second kappa shape index (κ2) is 5.27. The number of fused-ring (bicyclic) bond motifs is 1. The summed E-state index contributed by atoms with van der Waals surface area (Å²) in [6, 6.07) is 2.03. The van der Waals surface area contributed by atoms with E-state index < -0.39 is 0 Å². The molecule has 2 aromatic rings. The summed E-state index contributed by atoms with van der Waals surface area (Å²) in [6.45, 7) is 5.11. The molecule has 1 aliphatic heterocycles. The fourth-order valence-corrected chi connectivity index (χ4v) is 2.38. The van der Waals surface area contributed by atoms with Crippen molar-refractivity contribution in [3.8, 4) is 0 Å². The van der Waals surface area contributed by atoms with E-state index in [1.807, 2.05) is 12.3 Å². The Labute approximate surface area is 116 Å². The van der Waals surface area contributed by atoms with Crippen molar-refractivity contribution in [2.24, 2.45) is 0 Å². The minimum Gasteiger partial charge on any atom is -0.378 e. The lowest BCUT2D eigenvalue weighted by Gasteiger charge is -2.28. The Morgan fingerprint density at radius 1 is 1.32 bits per heavy atom. The second-order valence-electron chi connectivity index (χ2n) is 4.48. The molecule has 0 saturated carbocycles. The van der Waals surface area contributed by atoms with E-state index in [0.29, 0.717) is 13.2 Å². The summed E-state index contributed by atoms with van der Waals surface area (Å²) < 4.78 is 5.36. The molecular formula is C13H15ClN4O. The van der Waals surface area contributed by atoms with Crippen LogP contribution in [-0.4, -0.2) is 41.3 Å². The molecule has 19 heavy (non-hydrogen) atoms. The highest BCUT2D eigenvalue weighted by Gasteiger charge is 2.18. The smallest absolute Gasteiger partial charge is 0.225 e. The molecule has 6 heteroatoms. The summed E-state index contributed by atoms with van der Waals surface area (Å²) in [4.78, 5) is 15.3. The van der Waals surface area contributed by atoms with Gasteiger partial charge in [-0.25, -0.2) is 4.98 Å². The van der Waals surface area contributed by atoms with Crippen molar-refractivity contribution in [3.05, 3.63) is 23.1 Å². The van der Waals surface area contributed by atoms with Gasteiger partial charge in [0.05, 0.1) is 18.7 Å². The number of anilines is 1. The fraction of sp³-hybridized carbons (Fsp3) is 0.462. The first kappa shape index (κ1) is 12.6. The summed E-state index contributed by atoms with van der Waals surface area (Å²) >= 11 is 6.03. The number of aryl methyl sites for hydroxylation is 1. The monoisotopic (exact) mass is 278 g/mol. The zero-order chi connectivity index (χ0) is 13.2. The predicted octanol–water partition coefficient (Wildman–Crippen LogP) is 2.08. The van der Waals surface area contributed by atoms with Crippen LogP contribution in [0.4, 0.5) is 5.82 Å². The summed E-state index contributed by atoms with van der Waals surface area (Å²) in [5, 5.41) is 0.268. The van der Waals surface area contributed by atoms with Gasteiger partial charge >= 0.3 is 0 Å². The van der Waals surface area contributed by atoms with E-state index in [2.05, 4.69) is 26.8 Å². The van der Waals surface area contributed by atoms with Gasteiger partial charge < -0.3 is 9.64 Å². The Morgan fingerprint density at radius 3 is 2.84 bits per heavy atom. The summed E-state index contributed by atoms with van der Waals surface area (Å²) in [5.41, 5.74) is 2.76. The van der Waals surface area contributed by atoms with Gasteiger partial charge in [-0.1, -0.05) is 6.92 Å². The van der Waals surface area contributed by atoms with Crippen molar-refractivity contribution < 1.29 is 4.74 Å². The number of hydrogen-bond acceptors (Lipinski definition) is 5. The molecule has 2 aromatic heterocycles. The van der Waals surface area contributed by atoms with E-state index in [-0.39, 0.29) is 5.28 Å². The van der Waals surface area contributed by atoms with Gasteiger partial charge in [0.25, 0.3) is 0 Å². The molecule has 3 rings (SSSR count). The molecule has 0 bridgehead atoms. The maximum atomic E-state index is 6.03. The number of hydrogen-bond donors (Lipinski definition) is 0. The van der Waals surface area contributed by atoms with Crippen molar-refractivity contribution in [3.63, 3.8) is 0 Å². The fourth-order valence-electron chi connectivity index (χ4n) is 2.21. The van der Waals surface area contributed by atoms with Gasteiger partial charge in [0.2, 0.25) is 5.28 Å². The highest BCUT2D eigenvalue weighted by Crippen LogP contribution is 2.25. The van der Waals surface area contributed by atoms with Crippen LogP contribution in [0.5, 0.6) is 0 Å². The average molecular weight is 279 g/mol. The van der Waals surface area contributed by atoms with Crippen LogP contribution >= 0.6 is 11.6 Å². The quantitative estimate of drug-likeness (QED) is 0.787. The van der Waals surface area contributed by atoms with Gasteiger partial charge in [0.1, 0.15) is 5.52 Å². The standard InChI is InChI=1S/C13H15ClN4O/c1-2-9-7-10-11(15-8-9)12(17-13(14)16-10)18-3-5-19-6-4-18/h7-8H,2-6H2,1H3. The number of nitrogens with zero attached hydrogens (tertiary/aromatic N) is 4. The molecule has 0 aromatic carbocycles. The van der Waals surface area contributed by atoms with Crippen molar-refractivity contribution in [2.45, 2.75) is 13.3 Å². The molecular weight excluding hydrogens is 264 g/mol. The highest BCUT2D eigenvalue weighted by molar-refractivity contribution is 6.28. The Hall–Kier alpha value is -1.46. The topological polar surface area (TPSA) is 51.1 Å². The summed E-state index contributed by atoms with van der Waals surface area (Å²) in [6.07, 6.45) is 2.81. The molecule has 1 saturated heterocycles. The molecule has 0 atom stereocenters. The van der Waals surface area contributed by atoms with Crippen molar-refractivity contribution in [2.75, 3.05) is 31.2 Å². The average Bonchev–Trinajstić information content (AvgIpc) is 2.46. The van der Waals surface area contributed by atoms with Gasteiger partial charge in [-0.3, -0.25) is 4.98 Å². The molecule has 100 valence electrons. The van der Waals surface area contributed by atoms with Gasteiger partial charge in [-0.2, -0.15) is 4.98 Å². The minimum absolute atomic E-state index is 0.268. The first-order valence-corrected chi connectivity index (χ1v) is 6.80. The largest absolute Gasteiger partial charge is 0.378 e. The molecule has 0 aliphatic carbocycles. The zero-order valence-electron chi connectivity index (χ0n) is 10.8. The number of ether oxygens (including phenoxy) is 1. The minimum atomic E-state index is 0.268.